The molecule has 0 radical (unpaired) electrons. The van der Waals surface area contributed by atoms with E-state index in [1.54, 1.807) is 6.92 Å². The molecule has 216 valence electrons. The Morgan fingerprint density at radius 3 is 1.75 bits per heavy atom. The smallest absolute Gasteiger partial charge is 0.316 e. The van der Waals surface area contributed by atoms with Crippen LogP contribution >= 0.6 is 7.60 Å². The maximum atomic E-state index is 13.2. The zero-order valence-electron chi connectivity index (χ0n) is 23.3. The van der Waals surface area contributed by atoms with E-state index in [-0.39, 0.29) is 12.4 Å². The number of carbonyl (C=O) groups excluding carboxylic acids is 1. The predicted octanol–water partition coefficient (Wildman–Crippen LogP) is 8.12. The molecule has 1 N–H and O–H groups in total. The van der Waals surface area contributed by atoms with Gasteiger partial charge in [0.15, 0.2) is 9.84 Å². The SMILES string of the molecule is CCCCCCCCCCCCS(=O)(=O)C(CCCCCCC)C(C)OOC(=O)P(=O)(O)OCCC. The van der Waals surface area contributed by atoms with Crippen LogP contribution in [0.3, 0.4) is 0 Å². The van der Waals surface area contributed by atoms with Gasteiger partial charge in [-0.15, -0.1) is 0 Å². The molecule has 8 nitrogen and oxygen atoms in total. The first-order chi connectivity index (χ1) is 17.1. The third kappa shape index (κ3) is 17.1. The highest BCUT2D eigenvalue weighted by Gasteiger charge is 2.37. The van der Waals surface area contributed by atoms with Crippen molar-refractivity contribution in [2.75, 3.05) is 12.4 Å². The molecule has 3 unspecified atom stereocenters. The Labute approximate surface area is 220 Å². The number of carbonyl (C=O) groups is 1. The van der Waals surface area contributed by atoms with Crippen LogP contribution < -0.4 is 0 Å². The van der Waals surface area contributed by atoms with E-state index in [2.05, 4.69) is 23.3 Å². The number of hydrogen-bond acceptors (Lipinski definition) is 7. The van der Waals surface area contributed by atoms with Gasteiger partial charge in [0.25, 0.3) is 0 Å². The van der Waals surface area contributed by atoms with Crippen molar-refractivity contribution < 1.29 is 37.0 Å². The zero-order valence-corrected chi connectivity index (χ0v) is 25.0. The number of hydrogen-bond donors (Lipinski definition) is 1. The fraction of sp³-hybridized carbons (Fsp3) is 0.962. The normalized spacial score (nSPS) is 15.4. The summed E-state index contributed by atoms with van der Waals surface area (Å²) in [6.07, 6.45) is 15.9. The summed E-state index contributed by atoms with van der Waals surface area (Å²) < 4.78 is 42.9. The van der Waals surface area contributed by atoms with Gasteiger partial charge in [0.1, 0.15) is 6.10 Å². The summed E-state index contributed by atoms with van der Waals surface area (Å²) in [5.74, 6) is 0.0584. The molecule has 0 aliphatic rings. The minimum Gasteiger partial charge on any atom is -0.316 e. The Balaban J connectivity index is 4.74. The minimum atomic E-state index is -4.64. The molecule has 0 heterocycles. The molecule has 0 amide bonds. The minimum absolute atomic E-state index is 0.0584. The average molecular weight is 557 g/mol. The van der Waals surface area contributed by atoms with E-state index in [1.165, 1.54) is 45.4 Å². The Hall–Kier alpha value is -0.470. The third-order valence-corrected chi connectivity index (χ3v) is 9.80. The van der Waals surface area contributed by atoms with Crippen LogP contribution in [-0.4, -0.2) is 42.7 Å². The number of unbranched alkanes of at least 4 members (excludes halogenated alkanes) is 13. The van der Waals surface area contributed by atoms with Crippen molar-refractivity contribution in [2.24, 2.45) is 0 Å². The van der Waals surface area contributed by atoms with Gasteiger partial charge in [0.2, 0.25) is 0 Å². The van der Waals surface area contributed by atoms with Gasteiger partial charge in [-0.05, 0) is 26.2 Å². The molecule has 0 rings (SSSR count). The standard InChI is InChI=1S/C26H53O8PS/c1-5-8-10-12-13-14-15-16-18-20-23-36(30,31)25(21-19-17-11-9-6-2)24(4)33-34-26(27)35(28,29)32-22-7-3/h24-25H,5-23H2,1-4H3,(H,28,29). The van der Waals surface area contributed by atoms with Crippen molar-refractivity contribution in [3.05, 3.63) is 0 Å². The van der Waals surface area contributed by atoms with Gasteiger partial charge in [0.05, 0.1) is 17.6 Å². The summed E-state index contributed by atoms with van der Waals surface area (Å²) in [6.45, 7) is 7.51. The van der Waals surface area contributed by atoms with E-state index in [0.29, 0.717) is 19.3 Å². The summed E-state index contributed by atoms with van der Waals surface area (Å²) in [5, 5.41) is -0.847. The van der Waals surface area contributed by atoms with Gasteiger partial charge in [-0.1, -0.05) is 111 Å². The maximum absolute atomic E-state index is 13.2. The van der Waals surface area contributed by atoms with Crippen LogP contribution in [0.15, 0.2) is 0 Å². The van der Waals surface area contributed by atoms with Gasteiger partial charge in [0, 0.05) is 0 Å². The van der Waals surface area contributed by atoms with Crippen LogP contribution in [0.25, 0.3) is 0 Å². The molecule has 0 aromatic rings. The van der Waals surface area contributed by atoms with Crippen molar-refractivity contribution in [2.45, 2.75) is 148 Å². The monoisotopic (exact) mass is 556 g/mol. The van der Waals surface area contributed by atoms with Gasteiger partial charge >= 0.3 is 13.3 Å². The maximum Gasteiger partial charge on any atom is 0.452 e. The highest BCUT2D eigenvalue weighted by atomic mass is 32.2. The summed E-state index contributed by atoms with van der Waals surface area (Å²) in [6, 6.07) is 0. The van der Waals surface area contributed by atoms with Crippen LogP contribution in [0, 0.1) is 0 Å². The highest BCUT2D eigenvalue weighted by Crippen LogP contribution is 2.44. The van der Waals surface area contributed by atoms with Crippen molar-refractivity contribution >= 4 is 23.1 Å². The van der Waals surface area contributed by atoms with Gasteiger partial charge in [-0.3, -0.25) is 4.89 Å². The molecule has 0 aromatic carbocycles. The second-order valence-corrected chi connectivity index (χ2v) is 13.8. The molecular weight excluding hydrogens is 503 g/mol. The van der Waals surface area contributed by atoms with E-state index in [0.717, 1.165) is 51.4 Å². The highest BCUT2D eigenvalue weighted by molar-refractivity contribution is 7.92. The van der Waals surface area contributed by atoms with Gasteiger partial charge < -0.3 is 9.42 Å². The molecule has 0 aromatic heterocycles. The quantitative estimate of drug-likeness (QED) is 0.0518. The van der Waals surface area contributed by atoms with E-state index in [1.807, 2.05) is 0 Å². The van der Waals surface area contributed by atoms with E-state index in [4.69, 9.17) is 4.89 Å². The molecule has 36 heavy (non-hydrogen) atoms. The van der Waals surface area contributed by atoms with Crippen molar-refractivity contribution in [1.82, 2.24) is 0 Å². The molecule has 0 spiro atoms. The number of rotatable bonds is 25. The molecular formula is C26H53O8PS. The van der Waals surface area contributed by atoms with Crippen LogP contribution in [0.1, 0.15) is 137 Å². The largest absolute Gasteiger partial charge is 0.452 e. The lowest BCUT2D eigenvalue weighted by molar-refractivity contribution is -0.262. The summed E-state index contributed by atoms with van der Waals surface area (Å²) in [4.78, 5) is 31.2. The molecule has 0 fully saturated rings. The van der Waals surface area contributed by atoms with Gasteiger partial charge in [-0.25, -0.2) is 17.8 Å². The Bertz CT molecular complexity index is 698. The lowest BCUT2D eigenvalue weighted by Crippen LogP contribution is -2.36. The van der Waals surface area contributed by atoms with E-state index < -0.39 is 34.5 Å². The number of sulfone groups is 1. The average Bonchev–Trinajstić information content (AvgIpc) is 2.84. The fourth-order valence-electron chi connectivity index (χ4n) is 4.09. The molecule has 0 aliphatic heterocycles. The topological polar surface area (TPSA) is 116 Å². The fourth-order valence-corrected chi connectivity index (χ4v) is 6.83. The molecule has 0 saturated carbocycles. The predicted molar refractivity (Wildman–Crippen MR) is 146 cm³/mol. The lowest BCUT2D eigenvalue weighted by Gasteiger charge is -2.23. The molecule has 0 saturated heterocycles. The Morgan fingerprint density at radius 1 is 0.778 bits per heavy atom. The summed E-state index contributed by atoms with van der Waals surface area (Å²) >= 11 is 0. The molecule has 10 heteroatoms. The van der Waals surface area contributed by atoms with Crippen LogP contribution in [-0.2, 0) is 28.7 Å². The van der Waals surface area contributed by atoms with Gasteiger partial charge in [-0.2, -0.15) is 4.89 Å². The third-order valence-electron chi connectivity index (χ3n) is 6.33. The molecule has 0 bridgehead atoms. The molecule has 0 aliphatic carbocycles. The zero-order chi connectivity index (χ0) is 27.3. The second-order valence-electron chi connectivity index (χ2n) is 9.79. The lowest BCUT2D eigenvalue weighted by atomic mass is 10.1. The van der Waals surface area contributed by atoms with Crippen molar-refractivity contribution in [3.63, 3.8) is 0 Å². The Kier molecular flexibility index (Phi) is 21.2. The van der Waals surface area contributed by atoms with Crippen LogP contribution in [0.4, 0.5) is 4.79 Å². The van der Waals surface area contributed by atoms with Crippen LogP contribution in [0.5, 0.6) is 0 Å². The first kappa shape index (κ1) is 35.5. The van der Waals surface area contributed by atoms with E-state index >= 15 is 0 Å². The Morgan fingerprint density at radius 2 is 1.25 bits per heavy atom. The van der Waals surface area contributed by atoms with E-state index in [9.17, 15) is 22.7 Å². The summed E-state index contributed by atoms with van der Waals surface area (Å²) in [5.41, 5.74) is -1.53. The van der Waals surface area contributed by atoms with Crippen molar-refractivity contribution in [1.29, 1.82) is 0 Å². The first-order valence-corrected chi connectivity index (χ1v) is 17.5. The summed E-state index contributed by atoms with van der Waals surface area (Å²) in [7, 11) is -8.13. The van der Waals surface area contributed by atoms with Crippen LogP contribution in [0.2, 0.25) is 0 Å². The second kappa shape index (κ2) is 21.5. The first-order valence-electron chi connectivity index (χ1n) is 14.2. The molecule has 3 atom stereocenters. The van der Waals surface area contributed by atoms with Crippen molar-refractivity contribution in [3.8, 4) is 0 Å².